The van der Waals surface area contributed by atoms with E-state index in [2.05, 4.69) is 9.97 Å². The highest BCUT2D eigenvalue weighted by Crippen LogP contribution is 2.43. The highest BCUT2D eigenvalue weighted by molar-refractivity contribution is 5.96. The number of carbonyl (C=O) groups is 2. The maximum atomic E-state index is 12.7. The van der Waals surface area contributed by atoms with Gasteiger partial charge in [0, 0.05) is 24.9 Å². The second-order valence-corrected chi connectivity index (χ2v) is 7.09. The second kappa shape index (κ2) is 7.52. The molecule has 1 aromatic carbocycles. The fourth-order valence-electron chi connectivity index (χ4n) is 4.25. The number of amides is 2. The number of hydrogen-bond acceptors (Lipinski definition) is 5. The molecule has 3 atom stereocenters. The van der Waals surface area contributed by atoms with Gasteiger partial charge in [0.2, 0.25) is 5.91 Å². The maximum absolute atomic E-state index is 12.7. The van der Waals surface area contributed by atoms with E-state index in [1.807, 2.05) is 43.3 Å². The lowest BCUT2D eigenvalue weighted by molar-refractivity contribution is -0.159. The largest absolute Gasteiger partial charge is 0.394 e. The zero-order valence-electron chi connectivity index (χ0n) is 15.6. The number of rotatable bonds is 4. The first-order valence-corrected chi connectivity index (χ1v) is 9.34. The maximum Gasteiger partial charge on any atom is 0.274 e. The monoisotopic (exact) mass is 378 g/mol. The van der Waals surface area contributed by atoms with Crippen molar-refractivity contribution in [1.82, 2.24) is 19.8 Å². The lowest BCUT2D eigenvalue weighted by atomic mass is 9.73. The van der Waals surface area contributed by atoms with Crippen LogP contribution in [-0.2, 0) is 4.79 Å². The van der Waals surface area contributed by atoms with Gasteiger partial charge in [-0.25, -0.2) is 4.98 Å². The predicted molar refractivity (Wildman–Crippen MR) is 103 cm³/mol. The van der Waals surface area contributed by atoms with E-state index in [9.17, 15) is 14.7 Å². The van der Waals surface area contributed by atoms with Crippen LogP contribution in [0.4, 0.5) is 0 Å². The number of fused-ring (bicyclic) bond motifs is 1. The van der Waals surface area contributed by atoms with E-state index in [4.69, 9.17) is 0 Å². The number of aliphatic hydroxyl groups is 1. The van der Waals surface area contributed by atoms with Crippen LogP contribution in [0, 0.1) is 0 Å². The zero-order chi connectivity index (χ0) is 19.7. The summed E-state index contributed by atoms with van der Waals surface area (Å²) >= 11 is 0. The van der Waals surface area contributed by atoms with Crippen LogP contribution in [0.25, 0.3) is 6.08 Å². The normalized spacial score (nSPS) is 24.2. The van der Waals surface area contributed by atoms with Gasteiger partial charge in [-0.15, -0.1) is 0 Å². The van der Waals surface area contributed by atoms with E-state index in [1.165, 1.54) is 23.5 Å². The van der Waals surface area contributed by atoms with Gasteiger partial charge < -0.3 is 14.9 Å². The lowest BCUT2D eigenvalue weighted by Crippen LogP contribution is -2.73. The first kappa shape index (κ1) is 18.3. The van der Waals surface area contributed by atoms with Gasteiger partial charge in [-0.3, -0.25) is 14.6 Å². The molecule has 0 unspecified atom stereocenters. The third-order valence-corrected chi connectivity index (χ3v) is 5.50. The summed E-state index contributed by atoms with van der Waals surface area (Å²) in [5.41, 5.74) is 2.39. The summed E-state index contributed by atoms with van der Waals surface area (Å²) < 4.78 is 0. The van der Waals surface area contributed by atoms with Crippen LogP contribution in [-0.4, -0.2) is 68.5 Å². The van der Waals surface area contributed by atoms with Gasteiger partial charge in [0.05, 0.1) is 24.9 Å². The summed E-state index contributed by atoms with van der Waals surface area (Å²) in [5, 5.41) is 9.86. The van der Waals surface area contributed by atoms with Crippen molar-refractivity contribution in [2.45, 2.75) is 24.9 Å². The molecule has 4 rings (SSSR count). The molecule has 0 aliphatic carbocycles. The van der Waals surface area contributed by atoms with Gasteiger partial charge in [0.1, 0.15) is 12.2 Å². The average molecular weight is 378 g/mol. The third-order valence-electron chi connectivity index (χ3n) is 5.50. The third kappa shape index (κ3) is 3.07. The molecule has 2 saturated heterocycles. The molecule has 2 aliphatic heterocycles. The molecular formula is C21H22N4O3. The predicted octanol–water partition coefficient (Wildman–Crippen LogP) is 1.32. The molecular weight excluding hydrogens is 356 g/mol. The van der Waals surface area contributed by atoms with Crippen LogP contribution >= 0.6 is 0 Å². The molecule has 2 aliphatic rings. The molecule has 2 fully saturated rings. The Morgan fingerprint density at radius 3 is 2.71 bits per heavy atom. The number of piperazine rings is 1. The molecule has 3 heterocycles. The molecule has 2 amide bonds. The minimum Gasteiger partial charge on any atom is -0.394 e. The van der Waals surface area contributed by atoms with Crippen molar-refractivity contribution in [3.05, 3.63) is 65.8 Å². The summed E-state index contributed by atoms with van der Waals surface area (Å²) in [6.45, 7) is 2.28. The molecule has 7 heteroatoms. The van der Waals surface area contributed by atoms with Crippen LogP contribution in [0.1, 0.15) is 34.5 Å². The zero-order valence-corrected chi connectivity index (χ0v) is 15.6. The van der Waals surface area contributed by atoms with Crippen LogP contribution in [0.15, 0.2) is 48.9 Å². The Kier molecular flexibility index (Phi) is 4.92. The topological polar surface area (TPSA) is 86.6 Å². The number of nitrogens with zero attached hydrogens (tertiary/aromatic N) is 4. The van der Waals surface area contributed by atoms with Gasteiger partial charge in [-0.05, 0) is 18.1 Å². The van der Waals surface area contributed by atoms with E-state index >= 15 is 0 Å². The van der Waals surface area contributed by atoms with Gasteiger partial charge in [0.25, 0.3) is 5.91 Å². The SMILES string of the molecule is C/C=C/c1ccc([C@H]2[C@H]3CN(C(=O)c4cnccn4)CC(=O)N3[C@H]2CO)cc1. The van der Waals surface area contributed by atoms with E-state index in [1.54, 1.807) is 4.90 Å². The highest BCUT2D eigenvalue weighted by atomic mass is 16.3. The number of benzene rings is 1. The van der Waals surface area contributed by atoms with Gasteiger partial charge in [-0.2, -0.15) is 0 Å². The molecule has 2 aromatic rings. The van der Waals surface area contributed by atoms with Crippen molar-refractivity contribution in [2.75, 3.05) is 19.7 Å². The molecule has 0 bridgehead atoms. The van der Waals surface area contributed by atoms with Crippen LogP contribution < -0.4 is 0 Å². The molecule has 0 spiro atoms. The first-order valence-electron chi connectivity index (χ1n) is 9.34. The van der Waals surface area contributed by atoms with Crippen molar-refractivity contribution >= 4 is 17.9 Å². The smallest absolute Gasteiger partial charge is 0.274 e. The molecule has 0 saturated carbocycles. The minimum atomic E-state index is -0.296. The van der Waals surface area contributed by atoms with E-state index in [0.717, 1.165) is 11.1 Å². The number of aromatic nitrogens is 2. The Morgan fingerprint density at radius 1 is 1.29 bits per heavy atom. The number of hydrogen-bond donors (Lipinski definition) is 1. The van der Waals surface area contributed by atoms with Crippen molar-refractivity contribution in [2.24, 2.45) is 0 Å². The summed E-state index contributed by atoms with van der Waals surface area (Å²) in [6, 6.07) is 7.73. The van der Waals surface area contributed by atoms with E-state index in [-0.39, 0.29) is 48.7 Å². The molecule has 7 nitrogen and oxygen atoms in total. The Labute approximate surface area is 163 Å². The fourth-order valence-corrected chi connectivity index (χ4v) is 4.25. The second-order valence-electron chi connectivity index (χ2n) is 7.09. The minimum absolute atomic E-state index is 0.00460. The van der Waals surface area contributed by atoms with Crippen molar-refractivity contribution in [3.63, 3.8) is 0 Å². The first-order chi connectivity index (χ1) is 13.6. The van der Waals surface area contributed by atoms with Crippen molar-refractivity contribution in [3.8, 4) is 0 Å². The molecule has 28 heavy (non-hydrogen) atoms. The number of aliphatic hydroxyl groups excluding tert-OH is 1. The van der Waals surface area contributed by atoms with Gasteiger partial charge in [-0.1, -0.05) is 36.4 Å². The molecule has 144 valence electrons. The Hall–Kier alpha value is -3.06. The van der Waals surface area contributed by atoms with Crippen molar-refractivity contribution in [1.29, 1.82) is 0 Å². The molecule has 0 radical (unpaired) electrons. The summed E-state index contributed by atoms with van der Waals surface area (Å²) in [4.78, 5) is 36.6. The number of carbonyl (C=O) groups excluding carboxylic acids is 2. The van der Waals surface area contributed by atoms with Crippen LogP contribution in [0.5, 0.6) is 0 Å². The summed E-state index contributed by atoms with van der Waals surface area (Å²) in [7, 11) is 0. The van der Waals surface area contributed by atoms with E-state index in [0.29, 0.717) is 6.54 Å². The van der Waals surface area contributed by atoms with Crippen LogP contribution in [0.3, 0.4) is 0 Å². The van der Waals surface area contributed by atoms with Crippen molar-refractivity contribution < 1.29 is 14.7 Å². The van der Waals surface area contributed by atoms with Crippen LogP contribution in [0.2, 0.25) is 0 Å². The molecule has 1 aromatic heterocycles. The quantitative estimate of drug-likeness (QED) is 0.867. The Bertz CT molecular complexity index is 898. The summed E-state index contributed by atoms with van der Waals surface area (Å²) in [5.74, 6) is -0.448. The van der Waals surface area contributed by atoms with E-state index < -0.39 is 0 Å². The number of allylic oxidation sites excluding steroid dienone is 1. The Morgan fingerprint density at radius 2 is 2.07 bits per heavy atom. The standard InChI is InChI=1S/C21H22N4O3/c1-2-3-14-4-6-15(7-5-14)20-17-11-24(12-19(27)25(17)18(20)13-26)21(28)16-10-22-8-9-23-16/h2-10,17-18,20,26H,11-13H2,1H3/b3-2+/t17-,18+,20+/m1/s1. The summed E-state index contributed by atoms with van der Waals surface area (Å²) in [6.07, 6.45) is 8.38. The lowest BCUT2D eigenvalue weighted by Gasteiger charge is -2.58. The Balaban J connectivity index is 1.58. The van der Waals surface area contributed by atoms with Gasteiger partial charge >= 0.3 is 0 Å². The highest BCUT2D eigenvalue weighted by Gasteiger charge is 2.54. The molecule has 1 N–H and O–H groups in total. The fraction of sp³-hybridized carbons (Fsp3) is 0.333. The average Bonchev–Trinajstić information content (AvgIpc) is 2.71. The van der Waals surface area contributed by atoms with Gasteiger partial charge in [0.15, 0.2) is 0 Å².